The van der Waals surface area contributed by atoms with Gasteiger partial charge in [-0.1, -0.05) is 20.8 Å². The maximum atomic E-state index is 5.82. The average Bonchev–Trinajstić information content (AvgIpc) is 1.81. The van der Waals surface area contributed by atoms with Crippen molar-refractivity contribution in [3.63, 3.8) is 0 Å². The van der Waals surface area contributed by atoms with Crippen LogP contribution in [0.4, 0.5) is 0 Å². The van der Waals surface area contributed by atoms with Gasteiger partial charge in [-0.15, -0.1) is 17.0 Å². The largest absolute Gasteiger partial charge is 0.419 e. The molecule has 0 atom stereocenters. The van der Waals surface area contributed by atoms with Crippen molar-refractivity contribution >= 4 is 25.3 Å². The molecule has 0 spiro atoms. The van der Waals surface area contributed by atoms with Gasteiger partial charge in [-0.3, -0.25) is 0 Å². The Morgan fingerprint density at radius 3 is 1.85 bits per heavy atom. The van der Waals surface area contributed by atoms with Crippen molar-refractivity contribution < 1.29 is 23.9 Å². The fourth-order valence-corrected chi connectivity index (χ4v) is 1.63. The molecule has 0 aromatic heterocycles. The molecule has 1 nitrogen and oxygen atoms in total. The van der Waals surface area contributed by atoms with Gasteiger partial charge in [0.1, 0.15) is 0 Å². The fraction of sp³-hybridized carbons (Fsp3) is 0.889. The summed E-state index contributed by atoms with van der Waals surface area (Å²) in [5.41, 5.74) is 0. The Labute approximate surface area is 108 Å². The zero-order valence-electron chi connectivity index (χ0n) is 9.64. The summed E-state index contributed by atoms with van der Waals surface area (Å²) in [4.78, 5) is 0. The Morgan fingerprint density at radius 1 is 1.23 bits per heavy atom. The summed E-state index contributed by atoms with van der Waals surface area (Å²) in [5, 5.41) is 0.335. The maximum Gasteiger partial charge on any atom is 0.191 e. The summed E-state index contributed by atoms with van der Waals surface area (Å²) in [6, 6.07) is 0. The van der Waals surface area contributed by atoms with E-state index >= 15 is 0 Å². The van der Waals surface area contributed by atoms with E-state index in [-0.39, 0.29) is 36.5 Å². The number of halogens is 1. The third kappa shape index (κ3) is 7.24. The van der Waals surface area contributed by atoms with Crippen LogP contribution in [0.5, 0.6) is 0 Å². The summed E-state index contributed by atoms with van der Waals surface area (Å²) in [5.74, 6) is 0. The zero-order valence-corrected chi connectivity index (χ0v) is 15.3. The van der Waals surface area contributed by atoms with Gasteiger partial charge in [0, 0.05) is 26.1 Å². The van der Waals surface area contributed by atoms with Crippen molar-refractivity contribution in [3.05, 3.63) is 6.92 Å². The summed E-state index contributed by atoms with van der Waals surface area (Å²) in [6.45, 7) is 15.9. The van der Waals surface area contributed by atoms with Crippen LogP contribution in [0.25, 0.3) is 0 Å². The van der Waals surface area contributed by atoms with Crippen molar-refractivity contribution in [1.29, 1.82) is 0 Å². The van der Waals surface area contributed by atoms with Crippen molar-refractivity contribution in [2.24, 2.45) is 0 Å². The minimum atomic E-state index is -1.47. The van der Waals surface area contributed by atoms with E-state index in [9.17, 15) is 0 Å². The van der Waals surface area contributed by atoms with Gasteiger partial charge < -0.3 is 11.3 Å². The van der Waals surface area contributed by atoms with Crippen molar-refractivity contribution in [2.45, 2.75) is 45.3 Å². The van der Waals surface area contributed by atoms with E-state index in [1.165, 1.54) is 0 Å². The van der Waals surface area contributed by atoms with Gasteiger partial charge in [-0.25, -0.2) is 0 Å². The number of hydrogen-bond acceptors (Lipinski definition) is 1. The number of hydrogen-bond donors (Lipinski definition) is 0. The first-order chi connectivity index (χ1) is 4.81. The molecule has 0 saturated carbocycles. The van der Waals surface area contributed by atoms with Crippen LogP contribution in [0.1, 0.15) is 27.2 Å². The van der Waals surface area contributed by atoms with E-state index in [1.807, 2.05) is 0 Å². The van der Waals surface area contributed by atoms with E-state index < -0.39 is 8.32 Å². The zero-order chi connectivity index (χ0) is 9.12. The molecule has 0 aromatic carbocycles. The molecule has 0 bridgehead atoms. The molecule has 0 fully saturated rings. The van der Waals surface area contributed by atoms with Crippen molar-refractivity contribution in [2.75, 3.05) is 6.61 Å². The van der Waals surface area contributed by atoms with Crippen LogP contribution in [0.15, 0.2) is 0 Å². The fourth-order valence-electron chi connectivity index (χ4n) is 0.544. The molecule has 13 heavy (non-hydrogen) atoms. The van der Waals surface area contributed by atoms with Crippen molar-refractivity contribution in [1.82, 2.24) is 0 Å². The first kappa shape index (κ1) is 19.8. The van der Waals surface area contributed by atoms with Crippen LogP contribution in [0.2, 0.25) is 18.1 Å². The van der Waals surface area contributed by atoms with E-state index in [0.29, 0.717) is 5.04 Å². The van der Waals surface area contributed by atoms with Crippen LogP contribution in [-0.2, 0) is 23.9 Å². The van der Waals surface area contributed by atoms with E-state index in [2.05, 4.69) is 40.8 Å². The summed E-state index contributed by atoms with van der Waals surface area (Å²) in [7, 11) is -1.47. The van der Waals surface area contributed by atoms with Crippen LogP contribution < -0.4 is 0 Å². The SMILES string of the molecule is Br.[CH2-]CCO[Si](C)(C)C(C)(C)C.[Zn]. The predicted molar refractivity (Wildman–Crippen MR) is 63.4 cm³/mol. The standard InChI is InChI=1S/C9H21OSi.BrH.Zn/c1-7-8-10-11(5,6)9(2,3)4;;/h1,7-8H2,2-6H3;1H;/q-1;;. The second kappa shape index (κ2) is 7.56. The summed E-state index contributed by atoms with van der Waals surface area (Å²) in [6.07, 6.45) is 0.881. The molecule has 0 aliphatic carbocycles. The van der Waals surface area contributed by atoms with Crippen LogP contribution >= 0.6 is 17.0 Å². The molecule has 0 aromatic rings. The Hall–Kier alpha value is 1.28. The minimum absolute atomic E-state index is 0. The molecule has 0 aliphatic heterocycles. The Balaban J connectivity index is -0.000000500. The molecule has 4 heteroatoms. The second-order valence-electron chi connectivity index (χ2n) is 4.46. The van der Waals surface area contributed by atoms with E-state index in [0.717, 1.165) is 13.0 Å². The van der Waals surface area contributed by atoms with Gasteiger partial charge in [0.15, 0.2) is 8.32 Å². The summed E-state index contributed by atoms with van der Waals surface area (Å²) >= 11 is 0. The first-order valence-electron chi connectivity index (χ1n) is 4.24. The summed E-state index contributed by atoms with van der Waals surface area (Å²) < 4.78 is 5.82. The van der Waals surface area contributed by atoms with E-state index in [4.69, 9.17) is 4.43 Å². The first-order valence-corrected chi connectivity index (χ1v) is 7.15. The van der Waals surface area contributed by atoms with Crippen LogP contribution in [-0.4, -0.2) is 14.9 Å². The monoisotopic (exact) mass is 317 g/mol. The smallest absolute Gasteiger partial charge is 0.191 e. The topological polar surface area (TPSA) is 9.23 Å². The third-order valence-corrected chi connectivity index (χ3v) is 6.95. The molecular weight excluding hydrogens is 297 g/mol. The maximum absolute atomic E-state index is 5.82. The van der Waals surface area contributed by atoms with Gasteiger partial charge in [0.05, 0.1) is 0 Å². The molecule has 0 aliphatic rings. The molecule has 0 amide bonds. The van der Waals surface area contributed by atoms with Gasteiger partial charge in [0.2, 0.25) is 0 Å². The molecular formula is C9H22BrOSiZn-. The Morgan fingerprint density at radius 2 is 1.62 bits per heavy atom. The molecule has 0 heterocycles. The van der Waals surface area contributed by atoms with Crippen molar-refractivity contribution in [3.8, 4) is 0 Å². The second-order valence-corrected chi connectivity index (χ2v) is 9.27. The molecule has 78 valence electrons. The molecule has 0 rings (SSSR count). The Bertz CT molecular complexity index is 123. The van der Waals surface area contributed by atoms with Gasteiger partial charge in [0.25, 0.3) is 0 Å². The molecule has 0 radical (unpaired) electrons. The van der Waals surface area contributed by atoms with Gasteiger partial charge in [-0.2, -0.15) is 6.42 Å². The number of rotatable bonds is 3. The Kier molecular flexibility index (Phi) is 11.5. The minimum Gasteiger partial charge on any atom is -0.419 e. The van der Waals surface area contributed by atoms with Crippen LogP contribution in [0, 0.1) is 6.92 Å². The van der Waals surface area contributed by atoms with E-state index in [1.54, 1.807) is 0 Å². The van der Waals surface area contributed by atoms with Gasteiger partial charge >= 0.3 is 0 Å². The van der Waals surface area contributed by atoms with Gasteiger partial charge in [-0.05, 0) is 18.1 Å². The molecule has 0 unspecified atom stereocenters. The predicted octanol–water partition coefficient (Wildman–Crippen LogP) is 3.81. The molecule has 0 saturated heterocycles. The third-order valence-electron chi connectivity index (χ3n) is 2.41. The van der Waals surface area contributed by atoms with Crippen LogP contribution in [0.3, 0.4) is 0 Å². The average molecular weight is 320 g/mol. The normalized spacial score (nSPS) is 11.5. The quantitative estimate of drug-likeness (QED) is 0.568. The molecule has 0 N–H and O–H groups in total.